The highest BCUT2D eigenvalue weighted by Crippen LogP contribution is 2.32. The van der Waals surface area contributed by atoms with E-state index < -0.39 is 18.2 Å². The number of amides is 1. The van der Waals surface area contributed by atoms with E-state index in [0.717, 1.165) is 29.8 Å². The lowest BCUT2D eigenvalue weighted by molar-refractivity contribution is -0.124. The topological polar surface area (TPSA) is 88.3 Å². The summed E-state index contributed by atoms with van der Waals surface area (Å²) < 4.78 is 11.7. The number of fused-ring (bicyclic) bond motifs is 1. The number of rotatable bonds is 6. The Kier molecular flexibility index (Phi) is 9.82. The van der Waals surface area contributed by atoms with Gasteiger partial charge in [0.15, 0.2) is 17.6 Å². The zero-order valence-electron chi connectivity index (χ0n) is 19.0. The Bertz CT molecular complexity index is 917. The number of β-amino-alcohol motifs (C(OH)–C–C–N with tert-alkyl or cyclic N) is 1. The molecule has 0 saturated carbocycles. The number of hydrogen-bond donors (Lipinski definition) is 2. The molecule has 0 radical (unpaired) electrons. The average molecular weight is 498 g/mol. The predicted molar refractivity (Wildman–Crippen MR) is 133 cm³/mol. The van der Waals surface area contributed by atoms with Gasteiger partial charge in [0.1, 0.15) is 18.8 Å². The Labute approximate surface area is 207 Å². The van der Waals surface area contributed by atoms with Crippen molar-refractivity contribution < 1.29 is 19.4 Å². The lowest BCUT2D eigenvalue weighted by Crippen LogP contribution is -2.54. The smallest absolute Gasteiger partial charge is 0.239 e. The molecule has 2 aliphatic heterocycles. The Morgan fingerprint density at radius 2 is 1.64 bits per heavy atom. The number of piperazine rings is 1. The van der Waals surface area contributed by atoms with Crippen LogP contribution in [0.2, 0.25) is 0 Å². The van der Waals surface area contributed by atoms with Crippen LogP contribution in [0.25, 0.3) is 0 Å². The third-order valence-corrected chi connectivity index (χ3v) is 6.26. The van der Waals surface area contributed by atoms with Crippen molar-refractivity contribution in [3.05, 3.63) is 59.2 Å². The van der Waals surface area contributed by atoms with Crippen molar-refractivity contribution in [2.45, 2.75) is 32.1 Å². The zero-order valence-corrected chi connectivity index (χ0v) is 20.6. The van der Waals surface area contributed by atoms with Crippen LogP contribution in [0.5, 0.6) is 11.5 Å². The summed E-state index contributed by atoms with van der Waals surface area (Å²) in [6.45, 7) is 7.78. The van der Waals surface area contributed by atoms with Crippen LogP contribution in [0, 0.1) is 13.8 Å². The molecule has 7 nitrogen and oxygen atoms in total. The number of para-hydroxylation sites is 2. The molecule has 0 spiro atoms. The lowest BCUT2D eigenvalue weighted by atomic mass is 9.94. The monoisotopic (exact) mass is 497 g/mol. The number of aliphatic hydroxyl groups excluding tert-OH is 1. The Hall–Kier alpha value is -2.03. The SMILES string of the molecule is Cc1cccc(C)c1C(C(N)=O)N1CCN(CC(O)C2COc3ccccc3O2)CC1.Cl.Cl. The van der Waals surface area contributed by atoms with E-state index in [9.17, 15) is 9.90 Å². The van der Waals surface area contributed by atoms with E-state index in [1.807, 2.05) is 56.3 Å². The minimum Gasteiger partial charge on any atom is -0.486 e. The zero-order chi connectivity index (χ0) is 22.0. The van der Waals surface area contributed by atoms with Gasteiger partial charge in [-0.25, -0.2) is 0 Å². The van der Waals surface area contributed by atoms with Gasteiger partial charge in [-0.1, -0.05) is 30.3 Å². The van der Waals surface area contributed by atoms with E-state index in [2.05, 4.69) is 9.80 Å². The van der Waals surface area contributed by atoms with Crippen LogP contribution in [-0.2, 0) is 4.79 Å². The fourth-order valence-corrected chi connectivity index (χ4v) is 4.58. The first-order chi connectivity index (χ1) is 14.9. The first-order valence-electron chi connectivity index (χ1n) is 10.8. The Balaban J connectivity index is 0.00000193. The van der Waals surface area contributed by atoms with Crippen LogP contribution in [0.15, 0.2) is 42.5 Å². The number of ether oxygens (including phenoxy) is 2. The van der Waals surface area contributed by atoms with E-state index in [1.165, 1.54) is 0 Å². The van der Waals surface area contributed by atoms with Crippen molar-refractivity contribution >= 4 is 30.7 Å². The maximum atomic E-state index is 12.4. The van der Waals surface area contributed by atoms with Crippen LogP contribution >= 0.6 is 24.8 Å². The van der Waals surface area contributed by atoms with Crippen molar-refractivity contribution in [2.24, 2.45) is 5.73 Å². The number of carbonyl (C=O) groups excluding carboxylic acids is 1. The summed E-state index contributed by atoms with van der Waals surface area (Å²) in [4.78, 5) is 16.7. The normalized spacial score (nSPS) is 20.2. The highest BCUT2D eigenvalue weighted by atomic mass is 35.5. The number of hydrogen-bond acceptors (Lipinski definition) is 6. The van der Waals surface area contributed by atoms with Gasteiger partial charge in [-0.05, 0) is 42.7 Å². The van der Waals surface area contributed by atoms with Crippen molar-refractivity contribution in [2.75, 3.05) is 39.3 Å². The second-order valence-electron chi connectivity index (χ2n) is 8.43. The van der Waals surface area contributed by atoms with Gasteiger partial charge in [-0.15, -0.1) is 24.8 Å². The Morgan fingerprint density at radius 1 is 1.03 bits per heavy atom. The second kappa shape index (κ2) is 11.9. The first kappa shape index (κ1) is 27.2. The quantitative estimate of drug-likeness (QED) is 0.637. The summed E-state index contributed by atoms with van der Waals surface area (Å²) in [6, 6.07) is 13.1. The molecule has 2 heterocycles. The third-order valence-electron chi connectivity index (χ3n) is 6.26. The number of carbonyl (C=O) groups is 1. The molecule has 33 heavy (non-hydrogen) atoms. The average Bonchev–Trinajstić information content (AvgIpc) is 2.76. The van der Waals surface area contributed by atoms with E-state index in [-0.39, 0.29) is 30.7 Å². The molecule has 4 rings (SSSR count). The van der Waals surface area contributed by atoms with Gasteiger partial charge in [0, 0.05) is 32.7 Å². The van der Waals surface area contributed by atoms with Crippen molar-refractivity contribution in [1.82, 2.24) is 9.80 Å². The summed E-state index contributed by atoms with van der Waals surface area (Å²) in [5.74, 6) is 1.06. The summed E-state index contributed by atoms with van der Waals surface area (Å²) in [5, 5.41) is 10.7. The predicted octanol–water partition coefficient (Wildman–Crippen LogP) is 2.49. The van der Waals surface area contributed by atoms with Crippen molar-refractivity contribution in [3.8, 4) is 11.5 Å². The van der Waals surface area contributed by atoms with Crippen LogP contribution in [-0.4, -0.2) is 72.4 Å². The number of benzene rings is 2. The molecule has 3 atom stereocenters. The molecule has 2 aliphatic rings. The summed E-state index contributed by atoms with van der Waals surface area (Å²) in [7, 11) is 0. The second-order valence-corrected chi connectivity index (χ2v) is 8.43. The molecule has 1 fully saturated rings. The lowest BCUT2D eigenvalue weighted by Gasteiger charge is -2.40. The van der Waals surface area contributed by atoms with E-state index in [4.69, 9.17) is 15.2 Å². The highest BCUT2D eigenvalue weighted by Gasteiger charge is 2.33. The molecule has 2 aromatic carbocycles. The number of aliphatic hydroxyl groups is 1. The van der Waals surface area contributed by atoms with Gasteiger partial charge in [0.25, 0.3) is 0 Å². The van der Waals surface area contributed by atoms with Crippen molar-refractivity contribution in [1.29, 1.82) is 0 Å². The fraction of sp³-hybridized carbons (Fsp3) is 0.458. The highest BCUT2D eigenvalue weighted by molar-refractivity contribution is 5.85. The molecule has 3 unspecified atom stereocenters. The van der Waals surface area contributed by atoms with Gasteiger partial charge < -0.3 is 20.3 Å². The van der Waals surface area contributed by atoms with Gasteiger partial charge >= 0.3 is 0 Å². The van der Waals surface area contributed by atoms with Crippen LogP contribution in [0.1, 0.15) is 22.7 Å². The molecule has 1 saturated heterocycles. The third kappa shape index (κ3) is 6.11. The number of aryl methyl sites for hydroxylation is 2. The first-order valence-corrected chi connectivity index (χ1v) is 10.8. The number of nitrogens with two attached hydrogens (primary N) is 1. The minimum absolute atomic E-state index is 0. The number of nitrogens with zero attached hydrogens (tertiary/aromatic N) is 2. The standard InChI is InChI=1S/C24H31N3O4.2ClH/c1-16-6-5-7-17(2)22(16)23(24(25)29)27-12-10-26(11-13-27)14-18(28)21-15-30-19-8-3-4-9-20(19)31-21;;/h3-9,18,21,23,28H,10-15H2,1-2H3,(H2,25,29);2*1H. The number of primary amides is 1. The molecule has 1 amide bonds. The van der Waals surface area contributed by atoms with Gasteiger partial charge in [-0.2, -0.15) is 0 Å². The molecule has 182 valence electrons. The van der Waals surface area contributed by atoms with Crippen LogP contribution in [0.4, 0.5) is 0 Å². The molecule has 3 N–H and O–H groups in total. The Morgan fingerprint density at radius 3 is 2.24 bits per heavy atom. The largest absolute Gasteiger partial charge is 0.486 e. The van der Waals surface area contributed by atoms with Gasteiger partial charge in [0.05, 0.1) is 0 Å². The van der Waals surface area contributed by atoms with E-state index in [1.54, 1.807) is 0 Å². The number of halogens is 2. The van der Waals surface area contributed by atoms with Crippen LogP contribution in [0.3, 0.4) is 0 Å². The molecule has 2 aromatic rings. The summed E-state index contributed by atoms with van der Waals surface area (Å²) >= 11 is 0. The maximum Gasteiger partial charge on any atom is 0.239 e. The molecular formula is C24H33Cl2N3O4. The molecule has 0 aromatic heterocycles. The molecular weight excluding hydrogens is 465 g/mol. The van der Waals surface area contributed by atoms with Crippen molar-refractivity contribution in [3.63, 3.8) is 0 Å². The van der Waals surface area contributed by atoms with E-state index >= 15 is 0 Å². The van der Waals surface area contributed by atoms with Gasteiger partial charge in [0.2, 0.25) is 5.91 Å². The molecule has 0 bridgehead atoms. The van der Waals surface area contributed by atoms with Gasteiger partial charge in [-0.3, -0.25) is 14.6 Å². The molecule has 9 heteroatoms. The summed E-state index contributed by atoms with van der Waals surface area (Å²) in [6.07, 6.45) is -1.06. The maximum absolute atomic E-state index is 12.4. The van der Waals surface area contributed by atoms with Crippen LogP contribution < -0.4 is 15.2 Å². The van der Waals surface area contributed by atoms with E-state index in [0.29, 0.717) is 37.7 Å². The minimum atomic E-state index is -0.662. The molecule has 0 aliphatic carbocycles. The summed E-state index contributed by atoms with van der Waals surface area (Å²) in [5.41, 5.74) is 8.99. The fourth-order valence-electron chi connectivity index (χ4n) is 4.58.